The van der Waals surface area contributed by atoms with Crippen LogP contribution in [0.3, 0.4) is 0 Å². The van der Waals surface area contributed by atoms with Crippen LogP contribution >= 0.6 is 0 Å². The Morgan fingerprint density at radius 1 is 1.38 bits per heavy atom. The van der Waals surface area contributed by atoms with E-state index >= 15 is 0 Å². The fourth-order valence-corrected chi connectivity index (χ4v) is 1.69. The summed E-state index contributed by atoms with van der Waals surface area (Å²) in [6.07, 6.45) is 0.154. The second kappa shape index (κ2) is 2.85. The maximum atomic E-state index is 11.4. The number of fused-ring (bicyclic) bond motifs is 1. The molecule has 0 heterocycles. The summed E-state index contributed by atoms with van der Waals surface area (Å²) in [6, 6.07) is 4.78. The van der Waals surface area contributed by atoms with Gasteiger partial charge in [0, 0.05) is 6.42 Å². The monoisotopic (exact) mass is 178 g/mol. The molecule has 0 amide bonds. The molecule has 0 saturated carbocycles. The van der Waals surface area contributed by atoms with Crippen LogP contribution in [0.4, 0.5) is 0 Å². The first-order valence-electron chi connectivity index (χ1n) is 4.23. The van der Waals surface area contributed by atoms with Crippen molar-refractivity contribution in [3.8, 4) is 5.75 Å². The molecule has 0 radical (unpaired) electrons. The summed E-state index contributed by atoms with van der Waals surface area (Å²) in [5.41, 5.74) is 0.845. The Balaban J connectivity index is 2.63. The minimum Gasteiger partial charge on any atom is -0.507 e. The van der Waals surface area contributed by atoms with E-state index in [9.17, 15) is 15.0 Å². The van der Waals surface area contributed by atoms with E-state index in [2.05, 4.69) is 0 Å². The molecule has 3 heteroatoms. The van der Waals surface area contributed by atoms with E-state index in [4.69, 9.17) is 0 Å². The SMILES string of the molecule is O=C1CC[C@H](O)c2cccc(O)c21. The lowest BCUT2D eigenvalue weighted by molar-refractivity contribution is 0.0893. The van der Waals surface area contributed by atoms with Gasteiger partial charge in [0.1, 0.15) is 5.75 Å². The van der Waals surface area contributed by atoms with Gasteiger partial charge in [-0.15, -0.1) is 0 Å². The summed E-state index contributed by atoms with van der Waals surface area (Å²) in [6.45, 7) is 0. The van der Waals surface area contributed by atoms with E-state index in [1.165, 1.54) is 6.07 Å². The van der Waals surface area contributed by atoms with Crippen molar-refractivity contribution in [2.24, 2.45) is 0 Å². The maximum absolute atomic E-state index is 11.4. The van der Waals surface area contributed by atoms with Crippen LogP contribution in [-0.2, 0) is 0 Å². The highest BCUT2D eigenvalue weighted by molar-refractivity contribution is 6.01. The summed E-state index contributed by atoms with van der Waals surface area (Å²) in [4.78, 5) is 11.4. The molecule has 1 atom stereocenters. The van der Waals surface area contributed by atoms with E-state index in [0.717, 1.165) is 0 Å². The van der Waals surface area contributed by atoms with Gasteiger partial charge in [-0.1, -0.05) is 12.1 Å². The Hall–Kier alpha value is -1.35. The average molecular weight is 178 g/mol. The number of carbonyl (C=O) groups excluding carboxylic acids is 1. The highest BCUT2D eigenvalue weighted by Crippen LogP contribution is 2.34. The second-order valence-electron chi connectivity index (χ2n) is 3.22. The first kappa shape index (κ1) is 8.26. The van der Waals surface area contributed by atoms with Crippen LogP contribution in [0, 0.1) is 0 Å². The summed E-state index contributed by atoms with van der Waals surface area (Å²) in [5.74, 6) is -0.111. The zero-order valence-corrected chi connectivity index (χ0v) is 7.03. The molecule has 2 N–H and O–H groups in total. The van der Waals surface area contributed by atoms with Crippen molar-refractivity contribution in [3.05, 3.63) is 29.3 Å². The molecular weight excluding hydrogens is 168 g/mol. The molecule has 1 aliphatic rings. The molecule has 0 aliphatic heterocycles. The van der Waals surface area contributed by atoms with E-state index in [-0.39, 0.29) is 11.5 Å². The quantitative estimate of drug-likeness (QED) is 0.631. The van der Waals surface area contributed by atoms with Crippen LogP contribution in [-0.4, -0.2) is 16.0 Å². The largest absolute Gasteiger partial charge is 0.507 e. The third-order valence-corrected chi connectivity index (χ3v) is 2.36. The summed E-state index contributed by atoms with van der Waals surface area (Å²) < 4.78 is 0. The number of aliphatic hydroxyl groups is 1. The van der Waals surface area contributed by atoms with Crippen LogP contribution in [0.25, 0.3) is 0 Å². The zero-order valence-electron chi connectivity index (χ0n) is 7.03. The Kier molecular flexibility index (Phi) is 1.81. The van der Waals surface area contributed by atoms with Gasteiger partial charge >= 0.3 is 0 Å². The molecule has 1 aromatic rings. The zero-order chi connectivity index (χ0) is 9.42. The van der Waals surface area contributed by atoms with Crippen molar-refractivity contribution in [2.45, 2.75) is 18.9 Å². The lowest BCUT2D eigenvalue weighted by atomic mass is 9.88. The Morgan fingerprint density at radius 2 is 2.15 bits per heavy atom. The number of phenols is 1. The molecule has 0 bridgehead atoms. The Labute approximate surface area is 75.6 Å². The van der Waals surface area contributed by atoms with Gasteiger partial charge in [0.2, 0.25) is 0 Å². The van der Waals surface area contributed by atoms with E-state index in [1.807, 2.05) is 0 Å². The molecule has 0 saturated heterocycles. The van der Waals surface area contributed by atoms with Crippen molar-refractivity contribution < 1.29 is 15.0 Å². The third-order valence-electron chi connectivity index (χ3n) is 2.36. The number of hydrogen-bond donors (Lipinski definition) is 2. The van der Waals surface area contributed by atoms with Crippen LogP contribution in [0.2, 0.25) is 0 Å². The van der Waals surface area contributed by atoms with Gasteiger partial charge < -0.3 is 10.2 Å². The van der Waals surface area contributed by atoms with Gasteiger partial charge in [0.15, 0.2) is 5.78 Å². The first-order chi connectivity index (χ1) is 6.20. The standard InChI is InChI=1S/C10H10O3/c11-7-4-5-9(13)10-6(7)2-1-3-8(10)12/h1-3,7,11-12H,4-5H2/t7-/m0/s1. The van der Waals surface area contributed by atoms with Gasteiger partial charge in [0.25, 0.3) is 0 Å². The number of hydrogen-bond acceptors (Lipinski definition) is 3. The van der Waals surface area contributed by atoms with Gasteiger partial charge in [0.05, 0.1) is 11.7 Å². The molecule has 0 unspecified atom stereocenters. The number of Topliss-reactive ketones (excluding diaryl/α,β-unsaturated/α-hetero) is 1. The maximum Gasteiger partial charge on any atom is 0.167 e. The smallest absolute Gasteiger partial charge is 0.167 e. The van der Waals surface area contributed by atoms with Crippen molar-refractivity contribution >= 4 is 5.78 Å². The fourth-order valence-electron chi connectivity index (χ4n) is 1.69. The van der Waals surface area contributed by atoms with Crippen LogP contribution in [0.15, 0.2) is 18.2 Å². The molecule has 0 fully saturated rings. The van der Waals surface area contributed by atoms with Crippen molar-refractivity contribution in [2.75, 3.05) is 0 Å². The van der Waals surface area contributed by atoms with Crippen LogP contribution in [0.1, 0.15) is 34.9 Å². The Morgan fingerprint density at radius 3 is 2.85 bits per heavy atom. The lowest BCUT2D eigenvalue weighted by Gasteiger charge is -2.20. The van der Waals surface area contributed by atoms with Crippen molar-refractivity contribution in [3.63, 3.8) is 0 Å². The van der Waals surface area contributed by atoms with Crippen LogP contribution in [0.5, 0.6) is 5.75 Å². The number of carbonyl (C=O) groups is 1. The Bertz CT molecular complexity index is 357. The van der Waals surface area contributed by atoms with E-state index < -0.39 is 6.10 Å². The van der Waals surface area contributed by atoms with Crippen molar-refractivity contribution in [1.29, 1.82) is 0 Å². The number of phenolic OH excluding ortho intramolecular Hbond substituents is 1. The molecule has 1 aromatic carbocycles. The van der Waals surface area contributed by atoms with Gasteiger partial charge in [-0.05, 0) is 18.1 Å². The van der Waals surface area contributed by atoms with Crippen LogP contribution < -0.4 is 0 Å². The molecule has 1 aliphatic carbocycles. The lowest BCUT2D eigenvalue weighted by Crippen LogP contribution is -2.15. The number of benzene rings is 1. The summed E-state index contributed by atoms with van der Waals surface area (Å²) >= 11 is 0. The number of ketones is 1. The average Bonchev–Trinajstić information content (AvgIpc) is 2.12. The first-order valence-corrected chi connectivity index (χ1v) is 4.23. The minimum atomic E-state index is -0.611. The van der Waals surface area contributed by atoms with E-state index in [1.54, 1.807) is 12.1 Å². The number of aliphatic hydroxyl groups excluding tert-OH is 1. The second-order valence-corrected chi connectivity index (χ2v) is 3.22. The molecule has 0 aromatic heterocycles. The molecule has 2 rings (SSSR count). The normalized spacial score (nSPS) is 21.3. The third kappa shape index (κ3) is 1.21. The molecule has 3 nitrogen and oxygen atoms in total. The van der Waals surface area contributed by atoms with Crippen molar-refractivity contribution in [1.82, 2.24) is 0 Å². The van der Waals surface area contributed by atoms with E-state index in [0.29, 0.717) is 24.0 Å². The summed E-state index contributed by atoms with van der Waals surface area (Å²) in [7, 11) is 0. The summed E-state index contributed by atoms with van der Waals surface area (Å²) in [5, 5.41) is 19.0. The predicted octanol–water partition coefficient (Wildman–Crippen LogP) is 1.40. The fraction of sp³-hybridized carbons (Fsp3) is 0.300. The highest BCUT2D eigenvalue weighted by atomic mass is 16.3. The minimum absolute atomic E-state index is 0.0266. The topological polar surface area (TPSA) is 57.5 Å². The molecule has 0 spiro atoms. The molecule has 13 heavy (non-hydrogen) atoms. The van der Waals surface area contributed by atoms with Gasteiger partial charge in [-0.2, -0.15) is 0 Å². The predicted molar refractivity (Wildman–Crippen MR) is 46.6 cm³/mol. The number of rotatable bonds is 0. The molecular formula is C10H10O3. The van der Waals surface area contributed by atoms with Gasteiger partial charge in [-0.3, -0.25) is 4.79 Å². The highest BCUT2D eigenvalue weighted by Gasteiger charge is 2.26. The number of aromatic hydroxyl groups is 1. The molecule has 68 valence electrons. The van der Waals surface area contributed by atoms with Gasteiger partial charge in [-0.25, -0.2) is 0 Å².